The van der Waals surface area contributed by atoms with E-state index in [-0.39, 0.29) is 11.3 Å². The second-order valence-electron chi connectivity index (χ2n) is 5.34. The highest BCUT2D eigenvalue weighted by Gasteiger charge is 2.33. The molecule has 0 saturated carbocycles. The molecule has 0 spiro atoms. The lowest BCUT2D eigenvalue weighted by molar-refractivity contribution is -0.114. The molecule has 2 aromatic rings. The van der Waals surface area contributed by atoms with Crippen molar-refractivity contribution in [3.63, 3.8) is 0 Å². The minimum atomic E-state index is -2.61. The van der Waals surface area contributed by atoms with Crippen LogP contribution in [0, 0.1) is 0 Å². The number of nitrogens with zero attached hydrogens (tertiary/aromatic N) is 2. The molecule has 0 aliphatic carbocycles. The Kier molecular flexibility index (Phi) is 6.10. The number of carbonyl (C=O) groups excluding carboxylic acids is 1. The van der Waals surface area contributed by atoms with Gasteiger partial charge in [-0.15, -0.1) is 0 Å². The maximum absolute atomic E-state index is 12.9. The molecule has 2 aromatic carbocycles. The largest absolute Gasteiger partial charge is 0.377 e. The highest BCUT2D eigenvalue weighted by atomic mass is 35.5. The van der Waals surface area contributed by atoms with Crippen LogP contribution >= 0.6 is 23.4 Å². The minimum absolute atomic E-state index is 0.154. The van der Waals surface area contributed by atoms with E-state index >= 15 is 0 Å². The molecular formula is C18H14ClF2N3O2S. The van der Waals surface area contributed by atoms with Crippen molar-refractivity contribution in [2.75, 3.05) is 11.7 Å². The minimum Gasteiger partial charge on any atom is -0.377 e. The Morgan fingerprint density at radius 2 is 1.93 bits per heavy atom. The number of aliphatic hydroxyl groups excluding tert-OH is 1. The number of rotatable bonds is 6. The predicted octanol–water partition coefficient (Wildman–Crippen LogP) is 3.83. The van der Waals surface area contributed by atoms with Gasteiger partial charge in [0.1, 0.15) is 12.4 Å². The number of carbonyl (C=O) groups is 1. The van der Waals surface area contributed by atoms with E-state index in [1.165, 1.54) is 11.2 Å². The monoisotopic (exact) mass is 409 g/mol. The predicted molar refractivity (Wildman–Crippen MR) is 102 cm³/mol. The van der Waals surface area contributed by atoms with Gasteiger partial charge in [0.15, 0.2) is 0 Å². The molecule has 9 heteroatoms. The zero-order chi connectivity index (χ0) is 19.4. The fourth-order valence-electron chi connectivity index (χ4n) is 2.51. The van der Waals surface area contributed by atoms with Crippen molar-refractivity contribution in [1.29, 1.82) is 0 Å². The van der Waals surface area contributed by atoms with Gasteiger partial charge in [0.25, 0.3) is 11.7 Å². The summed E-state index contributed by atoms with van der Waals surface area (Å²) in [5.74, 6) is -3.07. The highest BCUT2D eigenvalue weighted by Crippen LogP contribution is 2.33. The van der Waals surface area contributed by atoms with Gasteiger partial charge in [0, 0.05) is 21.7 Å². The lowest BCUT2D eigenvalue weighted by atomic mass is 10.0. The van der Waals surface area contributed by atoms with Crippen molar-refractivity contribution in [1.82, 2.24) is 5.32 Å². The van der Waals surface area contributed by atoms with Crippen LogP contribution in [0.1, 0.15) is 5.56 Å². The van der Waals surface area contributed by atoms with Crippen LogP contribution in [-0.2, 0) is 4.79 Å². The summed E-state index contributed by atoms with van der Waals surface area (Å²) in [6.07, 6.45) is 1.32. The van der Waals surface area contributed by atoms with Crippen LogP contribution in [0.15, 0.2) is 70.3 Å². The van der Waals surface area contributed by atoms with Crippen LogP contribution in [0.5, 0.6) is 0 Å². The third-order valence-corrected chi connectivity index (χ3v) is 4.69. The quantitative estimate of drug-likeness (QED) is 0.432. The number of aliphatic hydroxyl groups is 1. The number of halogens is 3. The number of thioether (sulfide) groups is 1. The van der Waals surface area contributed by atoms with Gasteiger partial charge in [-0.25, -0.2) is 0 Å². The third-order valence-electron chi connectivity index (χ3n) is 3.65. The third kappa shape index (κ3) is 4.29. The van der Waals surface area contributed by atoms with E-state index < -0.39 is 18.4 Å². The van der Waals surface area contributed by atoms with Gasteiger partial charge in [0.2, 0.25) is 0 Å². The normalized spacial score (nSPS) is 15.6. The maximum atomic E-state index is 12.9. The SMILES string of the molecule is O=C1/C(=C\NCO)C(c2ccccc2SC(F)F)=NN1c1ccc(Cl)cc1. The number of benzene rings is 2. The Morgan fingerprint density at radius 3 is 2.59 bits per heavy atom. The van der Waals surface area contributed by atoms with E-state index in [1.54, 1.807) is 48.5 Å². The van der Waals surface area contributed by atoms with Crippen LogP contribution in [-0.4, -0.2) is 29.2 Å². The summed E-state index contributed by atoms with van der Waals surface area (Å²) >= 11 is 6.26. The molecule has 1 amide bonds. The van der Waals surface area contributed by atoms with Crippen molar-refractivity contribution in [2.24, 2.45) is 5.10 Å². The van der Waals surface area contributed by atoms with E-state index in [1.807, 2.05) is 0 Å². The molecule has 0 bridgehead atoms. The standard InChI is InChI=1S/C18H14ClF2N3O2S/c19-11-5-7-12(8-6-11)24-17(26)14(9-22-10-25)16(23-24)13-3-1-2-4-15(13)27-18(20)21/h1-9,18,22,25H,10H2/b14-9-. The number of hydrogen-bond acceptors (Lipinski definition) is 5. The summed E-state index contributed by atoms with van der Waals surface area (Å²) in [7, 11) is 0. The van der Waals surface area contributed by atoms with Crippen LogP contribution < -0.4 is 10.3 Å². The Balaban J connectivity index is 2.08. The molecule has 140 valence electrons. The fourth-order valence-corrected chi connectivity index (χ4v) is 3.28. The molecule has 27 heavy (non-hydrogen) atoms. The first-order valence-corrected chi connectivity index (χ1v) is 9.04. The molecular weight excluding hydrogens is 396 g/mol. The first-order valence-electron chi connectivity index (χ1n) is 7.79. The van der Waals surface area contributed by atoms with Crippen LogP contribution in [0.4, 0.5) is 14.5 Å². The smallest absolute Gasteiger partial charge is 0.288 e. The molecule has 3 rings (SSSR count). The average molecular weight is 410 g/mol. The summed E-state index contributed by atoms with van der Waals surface area (Å²) in [6, 6.07) is 13.0. The van der Waals surface area contributed by atoms with Crippen molar-refractivity contribution in [3.05, 3.63) is 70.9 Å². The first-order chi connectivity index (χ1) is 13.0. The maximum Gasteiger partial charge on any atom is 0.288 e. The Morgan fingerprint density at radius 1 is 1.22 bits per heavy atom. The fraction of sp³-hybridized carbons (Fsp3) is 0.111. The molecule has 0 saturated heterocycles. The number of anilines is 1. The number of hydrazone groups is 1. The van der Waals surface area contributed by atoms with Crippen molar-refractivity contribution in [3.8, 4) is 0 Å². The van der Waals surface area contributed by atoms with Crippen molar-refractivity contribution >= 4 is 40.7 Å². The molecule has 0 fully saturated rings. The summed E-state index contributed by atoms with van der Waals surface area (Å²) in [4.78, 5) is 13.1. The molecule has 2 N–H and O–H groups in total. The Bertz CT molecular complexity index is 904. The number of alkyl halides is 2. The molecule has 1 aliphatic rings. The highest BCUT2D eigenvalue weighted by molar-refractivity contribution is 7.99. The Labute approximate surface area is 163 Å². The Hall–Kier alpha value is -2.42. The van der Waals surface area contributed by atoms with Gasteiger partial charge in [-0.3, -0.25) is 4.79 Å². The van der Waals surface area contributed by atoms with Gasteiger partial charge in [0.05, 0.1) is 11.3 Å². The zero-order valence-corrected chi connectivity index (χ0v) is 15.3. The van der Waals surface area contributed by atoms with Gasteiger partial charge < -0.3 is 10.4 Å². The van der Waals surface area contributed by atoms with Gasteiger partial charge >= 0.3 is 0 Å². The second kappa shape index (κ2) is 8.51. The molecule has 0 unspecified atom stereocenters. The van der Waals surface area contributed by atoms with Crippen LogP contribution in [0.3, 0.4) is 0 Å². The number of amides is 1. The molecule has 0 atom stereocenters. The van der Waals surface area contributed by atoms with Gasteiger partial charge in [-0.1, -0.05) is 41.6 Å². The lowest BCUT2D eigenvalue weighted by Crippen LogP contribution is -2.23. The van der Waals surface area contributed by atoms with Crippen LogP contribution in [0.25, 0.3) is 0 Å². The van der Waals surface area contributed by atoms with E-state index in [0.29, 0.717) is 32.9 Å². The molecule has 1 aliphatic heterocycles. The van der Waals surface area contributed by atoms with E-state index in [4.69, 9.17) is 16.7 Å². The first kappa shape index (κ1) is 19.3. The second-order valence-corrected chi connectivity index (χ2v) is 6.81. The van der Waals surface area contributed by atoms with Crippen molar-refractivity contribution in [2.45, 2.75) is 10.7 Å². The van der Waals surface area contributed by atoms with Crippen LogP contribution in [0.2, 0.25) is 5.02 Å². The topological polar surface area (TPSA) is 64.9 Å². The van der Waals surface area contributed by atoms with Crippen molar-refractivity contribution < 1.29 is 18.7 Å². The van der Waals surface area contributed by atoms with Gasteiger partial charge in [-0.05, 0) is 30.3 Å². The molecule has 1 heterocycles. The lowest BCUT2D eigenvalue weighted by Gasteiger charge is -2.11. The van der Waals surface area contributed by atoms with E-state index in [0.717, 1.165) is 0 Å². The summed E-state index contributed by atoms with van der Waals surface area (Å²) < 4.78 is 25.8. The zero-order valence-electron chi connectivity index (χ0n) is 13.8. The summed E-state index contributed by atoms with van der Waals surface area (Å²) in [6.45, 7) is -0.390. The summed E-state index contributed by atoms with van der Waals surface area (Å²) in [5.41, 5.74) is 1.27. The summed E-state index contributed by atoms with van der Waals surface area (Å²) in [5, 5.41) is 17.6. The van der Waals surface area contributed by atoms with E-state index in [9.17, 15) is 13.6 Å². The molecule has 5 nitrogen and oxygen atoms in total. The number of nitrogens with one attached hydrogen (secondary N) is 1. The average Bonchev–Trinajstić information content (AvgIpc) is 2.97. The van der Waals surface area contributed by atoms with E-state index in [2.05, 4.69) is 10.4 Å². The molecule has 0 radical (unpaired) electrons. The molecule has 0 aromatic heterocycles. The number of hydrogen-bond donors (Lipinski definition) is 2. The van der Waals surface area contributed by atoms with Gasteiger partial charge in [-0.2, -0.15) is 18.9 Å².